The second-order valence-corrected chi connectivity index (χ2v) is 4.01. The number of hydrogen-bond donors (Lipinski definition) is 0. The van der Waals surface area contributed by atoms with Gasteiger partial charge in [0.05, 0.1) is 0 Å². The summed E-state index contributed by atoms with van der Waals surface area (Å²) in [5.41, 5.74) is 0.959. The van der Waals surface area contributed by atoms with Gasteiger partial charge in [0.2, 0.25) is 5.82 Å². The van der Waals surface area contributed by atoms with Crippen molar-refractivity contribution >= 4 is 0 Å². The van der Waals surface area contributed by atoms with E-state index in [2.05, 4.69) is 15.4 Å². The van der Waals surface area contributed by atoms with Crippen molar-refractivity contribution in [2.45, 2.75) is 0 Å². The third kappa shape index (κ3) is 2.01. The summed E-state index contributed by atoms with van der Waals surface area (Å²) in [6.45, 7) is 0. The van der Waals surface area contributed by atoms with E-state index in [-0.39, 0.29) is 11.3 Å². The van der Waals surface area contributed by atoms with Crippen LogP contribution in [-0.4, -0.2) is 20.2 Å². The molecular formula is C14H8FN5. The van der Waals surface area contributed by atoms with Gasteiger partial charge in [-0.3, -0.25) is 0 Å². The van der Waals surface area contributed by atoms with Crippen molar-refractivity contribution in [2.24, 2.45) is 0 Å². The van der Waals surface area contributed by atoms with E-state index in [0.29, 0.717) is 5.82 Å². The number of halogens is 1. The summed E-state index contributed by atoms with van der Waals surface area (Å²) < 4.78 is 13.6. The highest BCUT2D eigenvalue weighted by molar-refractivity contribution is 5.54. The average Bonchev–Trinajstić information content (AvgIpc) is 2.97. The van der Waals surface area contributed by atoms with Crippen LogP contribution in [0.15, 0.2) is 48.5 Å². The van der Waals surface area contributed by atoms with Crippen LogP contribution in [0.25, 0.3) is 17.1 Å². The van der Waals surface area contributed by atoms with Crippen molar-refractivity contribution in [1.82, 2.24) is 20.2 Å². The molecule has 3 aromatic rings. The van der Waals surface area contributed by atoms with Crippen molar-refractivity contribution in [3.63, 3.8) is 0 Å². The molecule has 0 radical (unpaired) electrons. The molecule has 6 heteroatoms. The Morgan fingerprint density at radius 2 is 1.85 bits per heavy atom. The van der Waals surface area contributed by atoms with Gasteiger partial charge in [0.15, 0.2) is 0 Å². The molecule has 0 bridgehead atoms. The molecule has 0 atom stereocenters. The summed E-state index contributed by atoms with van der Waals surface area (Å²) in [5, 5.41) is 21.0. The molecular weight excluding hydrogens is 257 g/mol. The number of tetrazole rings is 1. The lowest BCUT2D eigenvalue weighted by Crippen LogP contribution is -2.03. The molecule has 2 aromatic carbocycles. The summed E-state index contributed by atoms with van der Waals surface area (Å²) in [7, 11) is 0. The van der Waals surface area contributed by atoms with Gasteiger partial charge >= 0.3 is 0 Å². The van der Waals surface area contributed by atoms with Gasteiger partial charge in [-0.05, 0) is 17.3 Å². The third-order valence-corrected chi connectivity index (χ3v) is 2.76. The van der Waals surface area contributed by atoms with E-state index in [1.165, 1.54) is 12.1 Å². The lowest BCUT2D eigenvalue weighted by molar-refractivity contribution is 0.616. The van der Waals surface area contributed by atoms with Gasteiger partial charge in [-0.2, -0.15) is 5.26 Å². The first kappa shape index (κ1) is 12.0. The summed E-state index contributed by atoms with van der Waals surface area (Å²) in [6, 6.07) is 15.4. The Labute approximate surface area is 113 Å². The molecule has 0 aliphatic rings. The van der Waals surface area contributed by atoms with Crippen LogP contribution in [0.1, 0.15) is 5.56 Å². The van der Waals surface area contributed by atoms with Gasteiger partial charge in [-0.15, -0.1) is 15.0 Å². The van der Waals surface area contributed by atoms with Crippen LogP contribution in [-0.2, 0) is 0 Å². The lowest BCUT2D eigenvalue weighted by atomic mass is 10.2. The number of hydrogen-bond acceptors (Lipinski definition) is 4. The van der Waals surface area contributed by atoms with Gasteiger partial charge in [-0.25, -0.2) is 4.39 Å². The summed E-state index contributed by atoms with van der Waals surface area (Å²) in [6.07, 6.45) is 0. The summed E-state index contributed by atoms with van der Waals surface area (Å²) >= 11 is 0. The fourth-order valence-corrected chi connectivity index (χ4v) is 1.81. The second kappa shape index (κ2) is 4.90. The minimum Gasteiger partial charge on any atom is -0.205 e. The van der Waals surface area contributed by atoms with Crippen LogP contribution < -0.4 is 0 Å². The van der Waals surface area contributed by atoms with E-state index in [1.807, 2.05) is 36.4 Å². The summed E-state index contributed by atoms with van der Waals surface area (Å²) in [4.78, 5) is 1.16. The zero-order valence-electron chi connectivity index (χ0n) is 10.2. The number of aromatic nitrogens is 4. The van der Waals surface area contributed by atoms with Crippen LogP contribution >= 0.6 is 0 Å². The molecule has 0 N–H and O–H groups in total. The molecule has 20 heavy (non-hydrogen) atoms. The first-order chi connectivity index (χ1) is 9.79. The largest absolute Gasteiger partial charge is 0.205 e. The molecule has 0 amide bonds. The Morgan fingerprint density at radius 3 is 2.60 bits per heavy atom. The van der Waals surface area contributed by atoms with Crippen molar-refractivity contribution in [1.29, 1.82) is 5.26 Å². The molecule has 0 fully saturated rings. The quantitative estimate of drug-likeness (QED) is 0.713. The van der Waals surface area contributed by atoms with E-state index in [0.717, 1.165) is 10.4 Å². The highest BCUT2D eigenvalue weighted by Crippen LogP contribution is 2.17. The molecule has 96 valence electrons. The second-order valence-electron chi connectivity index (χ2n) is 4.01. The number of nitriles is 1. The summed E-state index contributed by atoms with van der Waals surface area (Å²) in [5.74, 6) is -0.192. The van der Waals surface area contributed by atoms with E-state index in [9.17, 15) is 4.39 Å². The predicted molar refractivity (Wildman–Crippen MR) is 69.3 cm³/mol. The van der Waals surface area contributed by atoms with Crippen molar-refractivity contribution in [3.05, 3.63) is 59.9 Å². The maximum Gasteiger partial charge on any atom is 0.205 e. The Morgan fingerprint density at radius 1 is 1.05 bits per heavy atom. The van der Waals surface area contributed by atoms with Crippen LogP contribution in [0.5, 0.6) is 0 Å². The molecule has 3 rings (SSSR count). The Kier molecular flexibility index (Phi) is 2.94. The fraction of sp³-hybridized carbons (Fsp3) is 0. The molecule has 0 aliphatic carbocycles. The van der Waals surface area contributed by atoms with E-state index in [4.69, 9.17) is 5.26 Å². The van der Waals surface area contributed by atoms with Crippen LogP contribution in [0.4, 0.5) is 4.39 Å². The van der Waals surface area contributed by atoms with E-state index < -0.39 is 5.82 Å². The lowest BCUT2D eigenvalue weighted by Gasteiger charge is -2.01. The van der Waals surface area contributed by atoms with Crippen LogP contribution in [0, 0.1) is 17.1 Å². The Balaban J connectivity index is 2.08. The maximum absolute atomic E-state index is 13.6. The standard InChI is InChI=1S/C14H8FN5/c15-12-7-4-8-13(11(12)9-16)20-18-14(17-19-20)10-5-2-1-3-6-10/h1-8H. The highest BCUT2D eigenvalue weighted by atomic mass is 19.1. The van der Waals surface area contributed by atoms with E-state index in [1.54, 1.807) is 6.07 Å². The molecule has 0 spiro atoms. The van der Waals surface area contributed by atoms with Gasteiger partial charge in [0.25, 0.3) is 0 Å². The molecule has 0 saturated heterocycles. The number of nitrogens with zero attached hydrogens (tertiary/aromatic N) is 5. The smallest absolute Gasteiger partial charge is 0.205 e. The number of benzene rings is 2. The van der Waals surface area contributed by atoms with Gasteiger partial charge in [0, 0.05) is 5.56 Å². The molecule has 5 nitrogen and oxygen atoms in total. The minimum atomic E-state index is -0.608. The molecule has 0 saturated carbocycles. The van der Waals surface area contributed by atoms with Gasteiger partial charge < -0.3 is 0 Å². The zero-order valence-corrected chi connectivity index (χ0v) is 10.2. The number of rotatable bonds is 2. The van der Waals surface area contributed by atoms with Crippen LogP contribution in [0.2, 0.25) is 0 Å². The Hall–Kier alpha value is -3.07. The molecule has 0 unspecified atom stereocenters. The van der Waals surface area contributed by atoms with Crippen molar-refractivity contribution < 1.29 is 4.39 Å². The SMILES string of the molecule is N#Cc1c(F)cccc1-n1nnc(-c2ccccc2)n1. The first-order valence-electron chi connectivity index (χ1n) is 5.84. The molecule has 0 aliphatic heterocycles. The zero-order chi connectivity index (χ0) is 13.9. The van der Waals surface area contributed by atoms with Crippen molar-refractivity contribution in [3.8, 4) is 23.1 Å². The van der Waals surface area contributed by atoms with Crippen LogP contribution in [0.3, 0.4) is 0 Å². The highest BCUT2D eigenvalue weighted by Gasteiger charge is 2.13. The first-order valence-corrected chi connectivity index (χ1v) is 5.84. The monoisotopic (exact) mass is 265 g/mol. The van der Waals surface area contributed by atoms with Gasteiger partial charge in [0.1, 0.15) is 23.1 Å². The molecule has 1 heterocycles. The predicted octanol–water partition coefficient (Wildman–Crippen LogP) is 2.34. The topological polar surface area (TPSA) is 67.4 Å². The average molecular weight is 265 g/mol. The van der Waals surface area contributed by atoms with E-state index >= 15 is 0 Å². The third-order valence-electron chi connectivity index (χ3n) is 2.76. The Bertz CT molecular complexity index is 789. The normalized spacial score (nSPS) is 10.2. The minimum absolute atomic E-state index is 0.107. The van der Waals surface area contributed by atoms with Gasteiger partial charge in [-0.1, -0.05) is 36.4 Å². The molecule has 1 aromatic heterocycles. The van der Waals surface area contributed by atoms with Crippen molar-refractivity contribution in [2.75, 3.05) is 0 Å². The maximum atomic E-state index is 13.6. The fourth-order valence-electron chi connectivity index (χ4n) is 1.81.